The van der Waals surface area contributed by atoms with E-state index in [4.69, 9.17) is 27.9 Å². The van der Waals surface area contributed by atoms with Gasteiger partial charge in [-0.25, -0.2) is 4.68 Å². The SMILES string of the molecule is COc1ccc(NC(=O)c2c(C)nn(Cc3ccccc3Cl)c2Cl)cc1OC(F)F. The van der Waals surface area contributed by atoms with Crippen LogP contribution >= 0.6 is 23.2 Å². The van der Waals surface area contributed by atoms with E-state index < -0.39 is 12.5 Å². The summed E-state index contributed by atoms with van der Waals surface area (Å²) in [6.07, 6.45) is 0. The van der Waals surface area contributed by atoms with Crippen LogP contribution in [-0.4, -0.2) is 29.4 Å². The van der Waals surface area contributed by atoms with Gasteiger partial charge < -0.3 is 14.8 Å². The van der Waals surface area contributed by atoms with Crippen molar-refractivity contribution in [2.24, 2.45) is 0 Å². The Labute approximate surface area is 181 Å². The second-order valence-corrected chi connectivity index (χ2v) is 6.96. The number of anilines is 1. The van der Waals surface area contributed by atoms with E-state index in [-0.39, 0.29) is 34.4 Å². The summed E-state index contributed by atoms with van der Waals surface area (Å²) < 4.78 is 36.1. The van der Waals surface area contributed by atoms with E-state index in [0.29, 0.717) is 10.7 Å². The van der Waals surface area contributed by atoms with Crippen molar-refractivity contribution in [2.45, 2.75) is 20.1 Å². The van der Waals surface area contributed by atoms with Gasteiger partial charge in [0.05, 0.1) is 24.9 Å². The third kappa shape index (κ3) is 4.83. The fraction of sp³-hybridized carbons (Fsp3) is 0.200. The second-order valence-electron chi connectivity index (χ2n) is 6.20. The quantitative estimate of drug-likeness (QED) is 0.517. The number of nitrogens with one attached hydrogen (secondary N) is 1. The molecule has 3 rings (SSSR count). The fourth-order valence-corrected chi connectivity index (χ4v) is 3.36. The number of rotatable bonds is 7. The van der Waals surface area contributed by atoms with Gasteiger partial charge >= 0.3 is 6.61 Å². The van der Waals surface area contributed by atoms with Crippen LogP contribution in [0.4, 0.5) is 14.5 Å². The number of alkyl halides is 2. The molecule has 1 N–H and O–H groups in total. The molecule has 6 nitrogen and oxygen atoms in total. The molecule has 3 aromatic rings. The number of aryl methyl sites for hydroxylation is 1. The van der Waals surface area contributed by atoms with E-state index in [1.165, 1.54) is 30.0 Å². The number of halogens is 4. The number of nitrogens with zero attached hydrogens (tertiary/aromatic N) is 2. The Balaban J connectivity index is 1.84. The molecule has 0 radical (unpaired) electrons. The molecular weight excluding hydrogens is 439 g/mol. The van der Waals surface area contributed by atoms with Crippen LogP contribution in [0.2, 0.25) is 10.2 Å². The first-order valence-corrected chi connectivity index (χ1v) is 9.46. The van der Waals surface area contributed by atoms with Gasteiger partial charge in [-0.1, -0.05) is 41.4 Å². The minimum absolute atomic E-state index is 0.107. The third-order valence-electron chi connectivity index (χ3n) is 4.21. The van der Waals surface area contributed by atoms with E-state index in [0.717, 1.165) is 5.56 Å². The average molecular weight is 456 g/mol. The smallest absolute Gasteiger partial charge is 0.387 e. The summed E-state index contributed by atoms with van der Waals surface area (Å²) in [5.74, 6) is -0.645. The predicted molar refractivity (Wildman–Crippen MR) is 110 cm³/mol. The van der Waals surface area contributed by atoms with Crippen molar-refractivity contribution in [1.82, 2.24) is 9.78 Å². The Kier molecular flexibility index (Phi) is 6.79. The molecule has 0 aliphatic heterocycles. The minimum atomic E-state index is -3.04. The topological polar surface area (TPSA) is 65.4 Å². The molecule has 1 amide bonds. The lowest BCUT2D eigenvalue weighted by molar-refractivity contribution is -0.0511. The molecule has 0 saturated heterocycles. The molecule has 0 saturated carbocycles. The Morgan fingerprint density at radius 3 is 2.60 bits per heavy atom. The van der Waals surface area contributed by atoms with Crippen molar-refractivity contribution < 1.29 is 23.0 Å². The van der Waals surface area contributed by atoms with E-state index >= 15 is 0 Å². The van der Waals surface area contributed by atoms with Crippen LogP contribution in [0.1, 0.15) is 21.6 Å². The van der Waals surface area contributed by atoms with Gasteiger partial charge in [0, 0.05) is 16.8 Å². The van der Waals surface area contributed by atoms with E-state index in [1.807, 2.05) is 18.2 Å². The summed E-state index contributed by atoms with van der Waals surface area (Å²) in [7, 11) is 1.32. The lowest BCUT2D eigenvalue weighted by Gasteiger charge is -2.12. The maximum absolute atomic E-state index is 12.8. The van der Waals surface area contributed by atoms with Crippen LogP contribution in [0.15, 0.2) is 42.5 Å². The fourth-order valence-electron chi connectivity index (χ4n) is 2.84. The molecule has 1 heterocycles. The first-order chi connectivity index (χ1) is 14.3. The summed E-state index contributed by atoms with van der Waals surface area (Å²) in [5.41, 5.74) is 1.59. The highest BCUT2D eigenvalue weighted by Gasteiger charge is 2.22. The van der Waals surface area contributed by atoms with E-state index in [9.17, 15) is 13.6 Å². The van der Waals surface area contributed by atoms with Gasteiger partial charge in [0.15, 0.2) is 11.5 Å². The molecule has 158 valence electrons. The number of aromatic nitrogens is 2. The Morgan fingerprint density at radius 2 is 1.93 bits per heavy atom. The van der Waals surface area contributed by atoms with Gasteiger partial charge in [-0.2, -0.15) is 13.9 Å². The summed E-state index contributed by atoms with van der Waals surface area (Å²) in [4.78, 5) is 12.8. The van der Waals surface area contributed by atoms with Crippen molar-refractivity contribution in [1.29, 1.82) is 0 Å². The van der Waals surface area contributed by atoms with Crippen molar-refractivity contribution in [3.05, 3.63) is 69.5 Å². The highest BCUT2D eigenvalue weighted by molar-refractivity contribution is 6.34. The Morgan fingerprint density at radius 1 is 1.20 bits per heavy atom. The largest absolute Gasteiger partial charge is 0.493 e. The molecular formula is C20H17Cl2F2N3O3. The average Bonchev–Trinajstić information content (AvgIpc) is 2.96. The van der Waals surface area contributed by atoms with Crippen LogP contribution in [0.25, 0.3) is 0 Å². The molecule has 0 aliphatic carbocycles. The molecule has 0 atom stereocenters. The number of carbonyl (C=O) groups excluding carboxylic acids is 1. The van der Waals surface area contributed by atoms with Gasteiger partial charge in [-0.05, 0) is 30.7 Å². The Bertz CT molecular complexity index is 1070. The van der Waals surface area contributed by atoms with E-state index in [1.54, 1.807) is 13.0 Å². The zero-order chi connectivity index (χ0) is 21.8. The summed E-state index contributed by atoms with van der Waals surface area (Å²) >= 11 is 12.6. The lowest BCUT2D eigenvalue weighted by Crippen LogP contribution is -2.14. The summed E-state index contributed by atoms with van der Waals surface area (Å²) in [6.45, 7) is -1.12. The number of benzene rings is 2. The maximum Gasteiger partial charge on any atom is 0.387 e. The highest BCUT2D eigenvalue weighted by atomic mass is 35.5. The van der Waals surface area contributed by atoms with E-state index in [2.05, 4.69) is 15.2 Å². The molecule has 0 fully saturated rings. The van der Waals surface area contributed by atoms with Crippen LogP contribution in [0.5, 0.6) is 11.5 Å². The number of ether oxygens (including phenoxy) is 2. The van der Waals surface area contributed by atoms with Gasteiger partial charge in [-0.15, -0.1) is 0 Å². The molecule has 0 spiro atoms. The van der Waals surface area contributed by atoms with Gasteiger partial charge in [0.1, 0.15) is 5.15 Å². The number of amides is 1. The third-order valence-corrected chi connectivity index (χ3v) is 4.96. The van der Waals surface area contributed by atoms with Gasteiger partial charge in [-0.3, -0.25) is 4.79 Å². The number of carbonyl (C=O) groups is 1. The highest BCUT2D eigenvalue weighted by Crippen LogP contribution is 2.32. The van der Waals surface area contributed by atoms with Crippen molar-refractivity contribution in [3.8, 4) is 11.5 Å². The van der Waals surface area contributed by atoms with Crippen LogP contribution in [0.3, 0.4) is 0 Å². The molecule has 1 aromatic heterocycles. The monoisotopic (exact) mass is 455 g/mol. The Hall–Kier alpha value is -2.84. The normalized spacial score (nSPS) is 10.9. The molecule has 2 aromatic carbocycles. The summed E-state index contributed by atoms with van der Waals surface area (Å²) in [6, 6.07) is 11.4. The first-order valence-electron chi connectivity index (χ1n) is 8.70. The van der Waals surface area contributed by atoms with Crippen molar-refractivity contribution >= 4 is 34.8 Å². The maximum atomic E-state index is 12.8. The molecule has 30 heavy (non-hydrogen) atoms. The second kappa shape index (κ2) is 9.32. The number of hydrogen-bond acceptors (Lipinski definition) is 4. The minimum Gasteiger partial charge on any atom is -0.493 e. The molecule has 0 unspecified atom stereocenters. The number of hydrogen-bond donors (Lipinski definition) is 1. The van der Waals surface area contributed by atoms with Crippen molar-refractivity contribution in [3.63, 3.8) is 0 Å². The number of methoxy groups -OCH3 is 1. The molecule has 0 aliphatic rings. The zero-order valence-electron chi connectivity index (χ0n) is 16.0. The molecule has 10 heteroatoms. The standard InChI is InChI=1S/C20H17Cl2F2N3O3/c1-11-17(18(22)27(26-11)10-12-5-3-4-6-14(12)21)19(28)25-13-7-8-15(29-2)16(9-13)30-20(23)24/h3-9,20H,10H2,1-2H3,(H,25,28). The lowest BCUT2D eigenvalue weighted by atomic mass is 10.2. The van der Waals surface area contributed by atoms with Crippen LogP contribution in [0, 0.1) is 6.92 Å². The molecule has 0 bridgehead atoms. The van der Waals surface area contributed by atoms with Gasteiger partial charge in [0.2, 0.25) is 0 Å². The predicted octanol–water partition coefficient (Wildman–Crippen LogP) is 5.41. The first kappa shape index (κ1) is 21.9. The van der Waals surface area contributed by atoms with Crippen LogP contribution < -0.4 is 14.8 Å². The van der Waals surface area contributed by atoms with Crippen molar-refractivity contribution in [2.75, 3.05) is 12.4 Å². The zero-order valence-corrected chi connectivity index (χ0v) is 17.5. The summed E-state index contributed by atoms with van der Waals surface area (Å²) in [5, 5.41) is 7.61. The van der Waals surface area contributed by atoms with Gasteiger partial charge in [0.25, 0.3) is 5.91 Å². The van der Waals surface area contributed by atoms with Crippen LogP contribution in [-0.2, 0) is 6.54 Å².